The van der Waals surface area contributed by atoms with Gasteiger partial charge in [0.25, 0.3) is 5.56 Å². The van der Waals surface area contributed by atoms with Gasteiger partial charge in [-0.3, -0.25) is 18.9 Å². The molecular weight excluding hydrogens is 480 g/mol. The second kappa shape index (κ2) is 12.6. The van der Waals surface area contributed by atoms with Crippen molar-refractivity contribution in [3.63, 3.8) is 0 Å². The summed E-state index contributed by atoms with van der Waals surface area (Å²) in [5, 5.41) is 9.72. The number of nitrogens with zero attached hydrogens (tertiary/aromatic N) is 4. The van der Waals surface area contributed by atoms with Crippen LogP contribution in [0.5, 0.6) is 5.75 Å². The molecule has 0 aliphatic carbocycles. The van der Waals surface area contributed by atoms with E-state index in [0.29, 0.717) is 41.5 Å². The van der Waals surface area contributed by atoms with Crippen molar-refractivity contribution in [2.75, 3.05) is 6.61 Å². The Morgan fingerprint density at radius 1 is 1.22 bits per heavy atom. The maximum atomic E-state index is 13.0. The van der Waals surface area contributed by atoms with E-state index in [1.807, 2.05) is 43.3 Å². The number of halogens is 1. The normalized spacial score (nSPS) is 12.6. The number of aliphatic hydroxyl groups excluding tert-OH is 1. The largest absolute Gasteiger partial charge is 0.442 e. The van der Waals surface area contributed by atoms with Crippen LogP contribution in [-0.2, 0) is 26.4 Å². The molecule has 0 bridgehead atoms. The van der Waals surface area contributed by atoms with Gasteiger partial charge >= 0.3 is 5.69 Å². The van der Waals surface area contributed by atoms with E-state index in [1.165, 1.54) is 4.57 Å². The average Bonchev–Trinajstić information content (AvgIpc) is 2.89. The summed E-state index contributed by atoms with van der Waals surface area (Å²) in [6, 6.07) is 11.4. The molecule has 9 heteroatoms. The van der Waals surface area contributed by atoms with Gasteiger partial charge in [0.1, 0.15) is 11.6 Å². The zero-order valence-corrected chi connectivity index (χ0v) is 22.0. The Labute approximate surface area is 215 Å². The van der Waals surface area contributed by atoms with Gasteiger partial charge in [-0.25, -0.2) is 4.79 Å². The summed E-state index contributed by atoms with van der Waals surface area (Å²) in [7, 11) is 1.59. The Morgan fingerprint density at radius 2 is 1.97 bits per heavy atom. The Hall–Kier alpha value is -3.23. The molecule has 0 fully saturated rings. The summed E-state index contributed by atoms with van der Waals surface area (Å²) in [4.78, 5) is 35.0. The monoisotopic (exact) mass is 512 g/mol. The maximum absolute atomic E-state index is 13.0. The second-order valence-electron chi connectivity index (χ2n) is 8.75. The Balaban J connectivity index is 2.03. The molecule has 0 radical (unpaired) electrons. The summed E-state index contributed by atoms with van der Waals surface area (Å²) in [5.74, 6) is 1.22. The molecule has 1 unspecified atom stereocenters. The lowest BCUT2D eigenvalue weighted by Crippen LogP contribution is -2.40. The van der Waals surface area contributed by atoms with Crippen molar-refractivity contribution in [1.82, 2.24) is 14.1 Å². The third-order valence-corrected chi connectivity index (χ3v) is 6.33. The fourth-order valence-electron chi connectivity index (χ4n) is 3.88. The van der Waals surface area contributed by atoms with Crippen molar-refractivity contribution in [3.05, 3.63) is 85.3 Å². The van der Waals surface area contributed by atoms with E-state index in [4.69, 9.17) is 26.4 Å². The molecule has 192 valence electrons. The minimum absolute atomic E-state index is 0.108. The number of hydrogen-bond donors (Lipinski definition) is 1. The van der Waals surface area contributed by atoms with E-state index in [-0.39, 0.29) is 24.9 Å². The number of benzene rings is 1. The van der Waals surface area contributed by atoms with Crippen LogP contribution >= 0.6 is 11.6 Å². The number of pyridine rings is 1. The fraction of sp³-hybridized carbons (Fsp3) is 0.407. The summed E-state index contributed by atoms with van der Waals surface area (Å²) in [6.45, 7) is 5.73. The highest BCUT2D eigenvalue weighted by atomic mass is 35.5. The second-order valence-corrected chi connectivity index (χ2v) is 9.18. The van der Waals surface area contributed by atoms with Gasteiger partial charge in [0.05, 0.1) is 10.6 Å². The molecule has 3 rings (SSSR count). The zero-order chi connectivity index (χ0) is 26.2. The van der Waals surface area contributed by atoms with Gasteiger partial charge in [-0.15, -0.1) is 0 Å². The third kappa shape index (κ3) is 6.50. The maximum Gasteiger partial charge on any atom is 0.332 e. The standard InChI is InChI=1S/C27H33ClN4O4/c1-5-20-9-6-7-10-23(20)36-25(18(2)11-13-22-14-12-21(28)17-29-22)30-24-19(3)26(34)32(15-8-16-33)27(35)31(24)4/h6-7,9-10,12,14,17-18,33H,5,8,11,13,15-16H2,1-4H3/b30-25+. The Bertz CT molecular complexity index is 1290. The van der Waals surface area contributed by atoms with E-state index in [2.05, 4.69) is 11.9 Å². The molecule has 1 aromatic carbocycles. The number of hydrogen-bond acceptors (Lipinski definition) is 6. The molecule has 0 saturated carbocycles. The molecule has 0 aliphatic heterocycles. The first kappa shape index (κ1) is 27.4. The summed E-state index contributed by atoms with van der Waals surface area (Å²) in [6.07, 6.45) is 4.08. The number of aromatic nitrogens is 3. The van der Waals surface area contributed by atoms with E-state index < -0.39 is 11.2 Å². The van der Waals surface area contributed by atoms with Crippen LogP contribution in [0.15, 0.2) is 57.2 Å². The van der Waals surface area contributed by atoms with Gasteiger partial charge < -0.3 is 9.84 Å². The van der Waals surface area contributed by atoms with Gasteiger partial charge in [-0.1, -0.05) is 43.6 Å². The first-order valence-corrected chi connectivity index (χ1v) is 12.5. The first-order valence-electron chi connectivity index (χ1n) is 12.1. The molecule has 8 nitrogen and oxygen atoms in total. The molecule has 0 aliphatic rings. The third-order valence-electron chi connectivity index (χ3n) is 6.10. The SMILES string of the molecule is CCc1ccccc1O/C(=N/c1c(C)c(=O)n(CCCO)c(=O)n1C)C(C)CCc1ccc(Cl)cn1. The zero-order valence-electron chi connectivity index (χ0n) is 21.2. The highest BCUT2D eigenvalue weighted by Gasteiger charge is 2.20. The molecule has 2 aromatic heterocycles. The van der Waals surface area contributed by atoms with E-state index in [0.717, 1.165) is 22.2 Å². The minimum atomic E-state index is -0.482. The molecule has 3 aromatic rings. The van der Waals surface area contributed by atoms with Crippen molar-refractivity contribution in [2.24, 2.45) is 18.0 Å². The molecule has 36 heavy (non-hydrogen) atoms. The lowest BCUT2D eigenvalue weighted by molar-refractivity contribution is 0.277. The van der Waals surface area contributed by atoms with E-state index >= 15 is 0 Å². The fourth-order valence-corrected chi connectivity index (χ4v) is 3.99. The molecule has 0 saturated heterocycles. The van der Waals surface area contributed by atoms with Crippen molar-refractivity contribution in [2.45, 2.75) is 53.0 Å². The van der Waals surface area contributed by atoms with Gasteiger partial charge in [0.15, 0.2) is 5.90 Å². The Kier molecular flexibility index (Phi) is 9.61. The van der Waals surface area contributed by atoms with Gasteiger partial charge in [-0.05, 0) is 56.4 Å². The van der Waals surface area contributed by atoms with Gasteiger partial charge in [0.2, 0.25) is 0 Å². The molecule has 2 heterocycles. The van der Waals surface area contributed by atoms with Gasteiger partial charge in [0, 0.05) is 38.0 Å². The highest BCUT2D eigenvalue weighted by molar-refractivity contribution is 6.30. The van der Waals surface area contributed by atoms with Crippen LogP contribution in [0, 0.1) is 12.8 Å². The van der Waals surface area contributed by atoms with Crippen LogP contribution in [0.3, 0.4) is 0 Å². The number of para-hydroxylation sites is 1. The van der Waals surface area contributed by atoms with Crippen LogP contribution in [0.1, 0.15) is 43.5 Å². The van der Waals surface area contributed by atoms with Crippen LogP contribution in [0.25, 0.3) is 0 Å². The van der Waals surface area contributed by atoms with Crippen LogP contribution in [-0.4, -0.2) is 31.7 Å². The summed E-state index contributed by atoms with van der Waals surface area (Å²) < 4.78 is 8.84. The summed E-state index contributed by atoms with van der Waals surface area (Å²) >= 11 is 5.96. The smallest absolute Gasteiger partial charge is 0.332 e. The minimum Gasteiger partial charge on any atom is -0.442 e. The number of rotatable bonds is 10. The average molecular weight is 513 g/mol. The quantitative estimate of drug-likeness (QED) is 0.324. The lowest BCUT2D eigenvalue weighted by Gasteiger charge is -2.19. The first-order chi connectivity index (χ1) is 17.3. The molecule has 1 atom stereocenters. The van der Waals surface area contributed by atoms with Crippen molar-refractivity contribution >= 4 is 23.3 Å². The number of aryl methyl sites for hydroxylation is 2. The van der Waals surface area contributed by atoms with Crippen LogP contribution in [0.4, 0.5) is 5.82 Å². The van der Waals surface area contributed by atoms with Crippen LogP contribution in [0.2, 0.25) is 5.02 Å². The highest BCUT2D eigenvalue weighted by Crippen LogP contribution is 2.24. The lowest BCUT2D eigenvalue weighted by atomic mass is 10.0. The number of aliphatic hydroxyl groups is 1. The van der Waals surface area contributed by atoms with E-state index in [1.54, 1.807) is 20.2 Å². The summed E-state index contributed by atoms with van der Waals surface area (Å²) in [5.41, 5.74) is 1.36. The van der Waals surface area contributed by atoms with Crippen molar-refractivity contribution < 1.29 is 9.84 Å². The van der Waals surface area contributed by atoms with Crippen molar-refractivity contribution in [3.8, 4) is 5.75 Å². The van der Waals surface area contributed by atoms with Crippen molar-refractivity contribution in [1.29, 1.82) is 0 Å². The number of aliphatic imine (C=N–C) groups is 1. The molecular formula is C27H33ClN4O4. The predicted molar refractivity (Wildman–Crippen MR) is 143 cm³/mol. The number of ether oxygens (including phenoxy) is 1. The van der Waals surface area contributed by atoms with Gasteiger partial charge in [-0.2, -0.15) is 4.99 Å². The molecule has 0 spiro atoms. The van der Waals surface area contributed by atoms with Crippen LogP contribution < -0.4 is 16.0 Å². The predicted octanol–water partition coefficient (Wildman–Crippen LogP) is 4.23. The topological polar surface area (TPSA) is 98.7 Å². The molecule has 1 N–H and O–H groups in total. The van der Waals surface area contributed by atoms with E-state index in [9.17, 15) is 9.59 Å². The Morgan fingerprint density at radius 3 is 2.64 bits per heavy atom. The molecule has 0 amide bonds.